The predicted octanol–water partition coefficient (Wildman–Crippen LogP) is -0.666. The third-order valence-electron chi connectivity index (χ3n) is 3.23. The molecule has 0 radical (unpaired) electrons. The number of nitrogens with one attached hydrogen (secondary N) is 3. The molecule has 0 aromatic carbocycles. The Morgan fingerprint density at radius 3 is 2.82 bits per heavy atom. The number of hydrogen-bond donors (Lipinski definition) is 3. The summed E-state index contributed by atoms with van der Waals surface area (Å²) in [4.78, 5) is 22.7. The first kappa shape index (κ1) is 12.7. The van der Waals surface area contributed by atoms with Crippen LogP contribution in [0.3, 0.4) is 0 Å². The molecule has 0 bridgehead atoms. The Labute approximate surface area is 105 Å². The zero-order valence-corrected chi connectivity index (χ0v) is 10.6. The van der Waals surface area contributed by atoms with Crippen molar-refractivity contribution in [1.29, 1.82) is 0 Å². The minimum atomic E-state index is -0.273. The smallest absolute Gasteiger partial charge is 0.238 e. The SMILES string of the molecule is O=C1CNC(C(=O)NCC2CCSCC2)CN1. The Morgan fingerprint density at radius 2 is 2.18 bits per heavy atom. The molecule has 2 heterocycles. The van der Waals surface area contributed by atoms with Crippen LogP contribution < -0.4 is 16.0 Å². The second kappa shape index (κ2) is 6.26. The van der Waals surface area contributed by atoms with E-state index < -0.39 is 0 Å². The van der Waals surface area contributed by atoms with E-state index >= 15 is 0 Å². The number of carbonyl (C=O) groups excluding carboxylic acids is 2. The third kappa shape index (κ3) is 3.89. The molecule has 2 fully saturated rings. The fourth-order valence-corrected chi connectivity index (χ4v) is 3.27. The van der Waals surface area contributed by atoms with Gasteiger partial charge < -0.3 is 10.6 Å². The van der Waals surface area contributed by atoms with Crippen LogP contribution in [-0.2, 0) is 9.59 Å². The highest BCUT2D eigenvalue weighted by atomic mass is 32.2. The van der Waals surface area contributed by atoms with Gasteiger partial charge >= 0.3 is 0 Å². The highest BCUT2D eigenvalue weighted by molar-refractivity contribution is 7.99. The molecule has 2 amide bonds. The molecular weight excluding hydrogens is 238 g/mol. The van der Waals surface area contributed by atoms with E-state index in [1.807, 2.05) is 11.8 Å². The largest absolute Gasteiger partial charge is 0.354 e. The second-order valence-corrected chi connectivity index (χ2v) is 5.76. The summed E-state index contributed by atoms with van der Waals surface area (Å²) in [6.07, 6.45) is 2.39. The first-order valence-corrected chi connectivity index (χ1v) is 7.26. The lowest BCUT2D eigenvalue weighted by Crippen LogP contribution is -2.58. The predicted molar refractivity (Wildman–Crippen MR) is 67.9 cm³/mol. The van der Waals surface area contributed by atoms with E-state index in [4.69, 9.17) is 0 Å². The van der Waals surface area contributed by atoms with Crippen molar-refractivity contribution in [3.05, 3.63) is 0 Å². The molecule has 3 N–H and O–H groups in total. The molecule has 2 saturated heterocycles. The van der Waals surface area contributed by atoms with Gasteiger partial charge in [-0.05, 0) is 30.3 Å². The van der Waals surface area contributed by atoms with E-state index in [9.17, 15) is 9.59 Å². The highest BCUT2D eigenvalue weighted by Gasteiger charge is 2.24. The molecule has 6 heteroatoms. The fourth-order valence-electron chi connectivity index (χ4n) is 2.07. The Hall–Kier alpha value is -0.750. The van der Waals surface area contributed by atoms with E-state index in [1.54, 1.807) is 0 Å². The zero-order chi connectivity index (χ0) is 12.1. The van der Waals surface area contributed by atoms with Crippen LogP contribution in [0.15, 0.2) is 0 Å². The molecule has 2 aliphatic heterocycles. The number of carbonyl (C=O) groups is 2. The lowest BCUT2D eigenvalue weighted by Gasteiger charge is -2.25. The number of thioether (sulfide) groups is 1. The maximum Gasteiger partial charge on any atom is 0.238 e. The molecule has 2 aliphatic rings. The highest BCUT2D eigenvalue weighted by Crippen LogP contribution is 2.21. The second-order valence-electron chi connectivity index (χ2n) is 4.54. The van der Waals surface area contributed by atoms with E-state index in [-0.39, 0.29) is 24.4 Å². The molecule has 0 spiro atoms. The minimum Gasteiger partial charge on any atom is -0.354 e. The Kier molecular flexibility index (Phi) is 4.67. The summed E-state index contributed by atoms with van der Waals surface area (Å²) in [5.74, 6) is 3.00. The number of amides is 2. The van der Waals surface area contributed by atoms with Crippen molar-refractivity contribution in [3.63, 3.8) is 0 Å². The molecule has 0 saturated carbocycles. The van der Waals surface area contributed by atoms with Crippen molar-refractivity contribution in [2.45, 2.75) is 18.9 Å². The summed E-state index contributed by atoms with van der Waals surface area (Å²) < 4.78 is 0. The van der Waals surface area contributed by atoms with E-state index in [0.717, 1.165) is 6.54 Å². The Morgan fingerprint density at radius 1 is 1.41 bits per heavy atom. The molecule has 1 atom stereocenters. The van der Waals surface area contributed by atoms with Crippen LogP contribution in [0, 0.1) is 5.92 Å². The van der Waals surface area contributed by atoms with Crippen LogP contribution in [0.25, 0.3) is 0 Å². The first-order chi connectivity index (χ1) is 8.25. The molecule has 1 unspecified atom stereocenters. The van der Waals surface area contributed by atoms with E-state index in [1.165, 1.54) is 24.3 Å². The Balaban J connectivity index is 1.67. The number of rotatable bonds is 3. The molecule has 0 aromatic heterocycles. The summed E-state index contributed by atoms with van der Waals surface area (Å²) in [5, 5.41) is 8.59. The summed E-state index contributed by atoms with van der Waals surface area (Å²) >= 11 is 1.99. The number of hydrogen-bond acceptors (Lipinski definition) is 4. The van der Waals surface area contributed by atoms with Crippen LogP contribution in [0.2, 0.25) is 0 Å². The molecule has 0 aromatic rings. The van der Waals surface area contributed by atoms with Crippen LogP contribution >= 0.6 is 11.8 Å². The van der Waals surface area contributed by atoms with Crippen molar-refractivity contribution in [2.75, 3.05) is 31.1 Å². The van der Waals surface area contributed by atoms with Gasteiger partial charge in [0.15, 0.2) is 0 Å². The summed E-state index contributed by atoms with van der Waals surface area (Å²) in [6, 6.07) is -0.273. The quantitative estimate of drug-likeness (QED) is 0.627. The van der Waals surface area contributed by atoms with Crippen molar-refractivity contribution in [1.82, 2.24) is 16.0 Å². The molecule has 96 valence electrons. The van der Waals surface area contributed by atoms with Gasteiger partial charge in [-0.3, -0.25) is 14.9 Å². The van der Waals surface area contributed by atoms with Crippen molar-refractivity contribution in [3.8, 4) is 0 Å². The summed E-state index contributed by atoms with van der Waals surface area (Å²) in [7, 11) is 0. The van der Waals surface area contributed by atoms with E-state index in [0.29, 0.717) is 12.5 Å². The van der Waals surface area contributed by atoms with Gasteiger partial charge in [0, 0.05) is 13.1 Å². The lowest BCUT2D eigenvalue weighted by molar-refractivity contribution is -0.126. The molecule has 0 aliphatic carbocycles. The first-order valence-electron chi connectivity index (χ1n) is 6.11. The molecule has 17 heavy (non-hydrogen) atoms. The molecule has 5 nitrogen and oxygen atoms in total. The van der Waals surface area contributed by atoms with Gasteiger partial charge in [-0.25, -0.2) is 0 Å². The maximum absolute atomic E-state index is 11.8. The van der Waals surface area contributed by atoms with Crippen molar-refractivity contribution >= 4 is 23.6 Å². The Bertz CT molecular complexity index is 282. The van der Waals surface area contributed by atoms with Crippen LogP contribution in [-0.4, -0.2) is 49.0 Å². The number of piperazine rings is 1. The monoisotopic (exact) mass is 257 g/mol. The van der Waals surface area contributed by atoms with Gasteiger partial charge in [-0.15, -0.1) is 0 Å². The summed E-state index contributed by atoms with van der Waals surface area (Å²) in [5.41, 5.74) is 0. The molecule has 2 rings (SSSR count). The van der Waals surface area contributed by atoms with Crippen molar-refractivity contribution in [2.24, 2.45) is 5.92 Å². The van der Waals surface area contributed by atoms with Gasteiger partial charge in [-0.1, -0.05) is 0 Å². The third-order valence-corrected chi connectivity index (χ3v) is 4.28. The van der Waals surface area contributed by atoms with Crippen LogP contribution in [0.4, 0.5) is 0 Å². The van der Waals surface area contributed by atoms with Gasteiger partial charge in [0.25, 0.3) is 0 Å². The van der Waals surface area contributed by atoms with E-state index in [2.05, 4.69) is 16.0 Å². The fraction of sp³-hybridized carbons (Fsp3) is 0.818. The van der Waals surface area contributed by atoms with Gasteiger partial charge in [0.2, 0.25) is 11.8 Å². The standard InChI is InChI=1S/C11H19N3O2S/c15-10-7-12-9(6-13-10)11(16)14-5-8-1-3-17-4-2-8/h8-9,12H,1-7H2,(H,13,15)(H,14,16). The van der Waals surface area contributed by atoms with Gasteiger partial charge in [0.1, 0.15) is 6.04 Å². The zero-order valence-electron chi connectivity index (χ0n) is 9.83. The minimum absolute atomic E-state index is 0.00299. The molecular formula is C11H19N3O2S. The van der Waals surface area contributed by atoms with Gasteiger partial charge in [0.05, 0.1) is 6.54 Å². The average Bonchev–Trinajstić information content (AvgIpc) is 2.38. The average molecular weight is 257 g/mol. The normalized spacial score (nSPS) is 26.4. The van der Waals surface area contributed by atoms with Crippen LogP contribution in [0.1, 0.15) is 12.8 Å². The summed E-state index contributed by atoms with van der Waals surface area (Å²) in [6.45, 7) is 1.40. The van der Waals surface area contributed by atoms with Gasteiger partial charge in [-0.2, -0.15) is 11.8 Å². The maximum atomic E-state index is 11.8. The lowest BCUT2D eigenvalue weighted by atomic mass is 10.0. The van der Waals surface area contributed by atoms with Crippen LogP contribution in [0.5, 0.6) is 0 Å². The van der Waals surface area contributed by atoms with Crippen molar-refractivity contribution < 1.29 is 9.59 Å². The topological polar surface area (TPSA) is 70.2 Å².